The van der Waals surface area contributed by atoms with Crippen LogP contribution in [-0.4, -0.2) is 11.7 Å². The van der Waals surface area contributed by atoms with Gasteiger partial charge >= 0.3 is 0 Å². The Labute approximate surface area is 148 Å². The molecule has 0 spiro atoms. The molecule has 0 amide bonds. The van der Waals surface area contributed by atoms with Gasteiger partial charge in [-0.25, -0.2) is 0 Å². The summed E-state index contributed by atoms with van der Waals surface area (Å²) < 4.78 is 11.8. The summed E-state index contributed by atoms with van der Waals surface area (Å²) in [5.74, 6) is 1.50. The summed E-state index contributed by atoms with van der Waals surface area (Å²) >= 11 is 0. The molecule has 3 heteroatoms. The number of ether oxygens (including phenoxy) is 2. The van der Waals surface area contributed by atoms with Crippen LogP contribution >= 0.6 is 0 Å². The maximum atomic E-state index is 9.24. The van der Waals surface area contributed by atoms with E-state index in [1.807, 2.05) is 78.9 Å². The average Bonchev–Trinajstić information content (AvgIpc) is 2.67. The van der Waals surface area contributed by atoms with Crippen molar-refractivity contribution in [2.75, 3.05) is 6.61 Å². The molecule has 0 atom stereocenters. The van der Waals surface area contributed by atoms with Gasteiger partial charge in [-0.15, -0.1) is 0 Å². The molecule has 128 valence electrons. The average molecular weight is 334 g/mol. The van der Waals surface area contributed by atoms with Crippen LogP contribution in [0.2, 0.25) is 0 Å². The zero-order chi connectivity index (χ0) is 17.3. The van der Waals surface area contributed by atoms with E-state index in [1.54, 1.807) is 0 Å². The molecule has 3 rings (SSSR count). The predicted molar refractivity (Wildman–Crippen MR) is 98.8 cm³/mol. The van der Waals surface area contributed by atoms with Crippen molar-refractivity contribution in [3.63, 3.8) is 0 Å². The standard InChI is InChI=1S/C22H22O3/c23-12-11-20-13-21(24-16-18-7-3-1-4-8-18)15-22(14-20)25-17-19-9-5-2-6-10-19/h1-10,13-15,23H,11-12,16-17H2. The van der Waals surface area contributed by atoms with E-state index in [0.717, 1.165) is 28.2 Å². The van der Waals surface area contributed by atoms with Crippen LogP contribution in [0.4, 0.5) is 0 Å². The van der Waals surface area contributed by atoms with Crippen molar-refractivity contribution >= 4 is 0 Å². The molecule has 1 N–H and O–H groups in total. The van der Waals surface area contributed by atoms with Gasteiger partial charge < -0.3 is 14.6 Å². The molecule has 3 aromatic carbocycles. The molecule has 0 saturated carbocycles. The monoisotopic (exact) mass is 334 g/mol. The van der Waals surface area contributed by atoms with Gasteiger partial charge in [0, 0.05) is 12.7 Å². The normalized spacial score (nSPS) is 10.4. The summed E-state index contributed by atoms with van der Waals surface area (Å²) in [4.78, 5) is 0. The van der Waals surface area contributed by atoms with Gasteiger partial charge in [0.1, 0.15) is 24.7 Å². The minimum absolute atomic E-state index is 0.0975. The lowest BCUT2D eigenvalue weighted by atomic mass is 10.1. The molecule has 0 aliphatic heterocycles. The lowest BCUT2D eigenvalue weighted by molar-refractivity contribution is 0.285. The van der Waals surface area contributed by atoms with Gasteiger partial charge in [-0.1, -0.05) is 60.7 Å². The third kappa shape index (κ3) is 5.37. The first kappa shape index (κ1) is 17.1. The van der Waals surface area contributed by atoms with Crippen molar-refractivity contribution in [2.24, 2.45) is 0 Å². The largest absolute Gasteiger partial charge is 0.489 e. The molecule has 25 heavy (non-hydrogen) atoms. The first-order valence-electron chi connectivity index (χ1n) is 8.42. The Morgan fingerprint density at radius 2 is 1.08 bits per heavy atom. The lowest BCUT2D eigenvalue weighted by Crippen LogP contribution is -2.00. The summed E-state index contributed by atoms with van der Waals surface area (Å²) in [5, 5.41) is 9.24. The van der Waals surface area contributed by atoms with E-state index in [4.69, 9.17) is 9.47 Å². The van der Waals surface area contributed by atoms with Crippen molar-refractivity contribution in [1.82, 2.24) is 0 Å². The highest BCUT2D eigenvalue weighted by Gasteiger charge is 2.05. The smallest absolute Gasteiger partial charge is 0.123 e. The molecule has 0 aliphatic rings. The summed E-state index contributed by atoms with van der Waals surface area (Å²) in [6.07, 6.45) is 0.574. The van der Waals surface area contributed by atoms with Crippen LogP contribution in [0.5, 0.6) is 11.5 Å². The van der Waals surface area contributed by atoms with Gasteiger partial charge in [0.25, 0.3) is 0 Å². The Balaban J connectivity index is 1.70. The minimum atomic E-state index is 0.0975. The van der Waals surface area contributed by atoms with Crippen LogP contribution in [-0.2, 0) is 19.6 Å². The number of rotatable bonds is 8. The van der Waals surface area contributed by atoms with Crippen molar-refractivity contribution in [1.29, 1.82) is 0 Å². The highest BCUT2D eigenvalue weighted by Crippen LogP contribution is 2.25. The van der Waals surface area contributed by atoms with Gasteiger partial charge in [-0.2, -0.15) is 0 Å². The second-order valence-electron chi connectivity index (χ2n) is 5.83. The van der Waals surface area contributed by atoms with Gasteiger partial charge in [-0.05, 0) is 35.2 Å². The molecule has 3 aromatic rings. The SMILES string of the molecule is OCCc1cc(OCc2ccccc2)cc(OCc2ccccc2)c1. The maximum Gasteiger partial charge on any atom is 0.123 e. The quantitative estimate of drug-likeness (QED) is 0.664. The van der Waals surface area contributed by atoms with E-state index < -0.39 is 0 Å². The molecule has 0 radical (unpaired) electrons. The van der Waals surface area contributed by atoms with E-state index in [1.165, 1.54) is 0 Å². The van der Waals surface area contributed by atoms with Crippen LogP contribution in [0.1, 0.15) is 16.7 Å². The predicted octanol–water partition coefficient (Wildman–Crippen LogP) is 4.38. The first-order valence-corrected chi connectivity index (χ1v) is 8.42. The lowest BCUT2D eigenvalue weighted by Gasteiger charge is -2.12. The number of aliphatic hydroxyl groups is 1. The van der Waals surface area contributed by atoms with E-state index in [0.29, 0.717) is 19.6 Å². The molecule has 0 aromatic heterocycles. The van der Waals surface area contributed by atoms with Gasteiger partial charge in [-0.3, -0.25) is 0 Å². The number of hydrogen-bond acceptors (Lipinski definition) is 3. The summed E-state index contributed by atoms with van der Waals surface area (Å²) in [5.41, 5.74) is 3.22. The second-order valence-corrected chi connectivity index (χ2v) is 5.83. The third-order valence-electron chi connectivity index (χ3n) is 3.84. The van der Waals surface area contributed by atoms with E-state index in [9.17, 15) is 5.11 Å². The van der Waals surface area contributed by atoms with Crippen LogP contribution in [0.3, 0.4) is 0 Å². The Morgan fingerprint density at radius 3 is 1.52 bits per heavy atom. The van der Waals surface area contributed by atoms with E-state index >= 15 is 0 Å². The molecular formula is C22H22O3. The fourth-order valence-electron chi connectivity index (χ4n) is 2.55. The molecule has 0 unspecified atom stereocenters. The highest BCUT2D eigenvalue weighted by atomic mass is 16.5. The van der Waals surface area contributed by atoms with Crippen LogP contribution < -0.4 is 9.47 Å². The maximum absolute atomic E-state index is 9.24. The Hall–Kier alpha value is -2.78. The van der Waals surface area contributed by atoms with Crippen LogP contribution in [0.25, 0.3) is 0 Å². The topological polar surface area (TPSA) is 38.7 Å². The summed E-state index contributed by atoms with van der Waals surface area (Å²) in [6.45, 7) is 1.10. The first-order chi connectivity index (χ1) is 12.3. The van der Waals surface area contributed by atoms with Crippen molar-refractivity contribution < 1.29 is 14.6 Å². The van der Waals surface area contributed by atoms with E-state index in [2.05, 4.69) is 0 Å². The number of benzene rings is 3. The third-order valence-corrected chi connectivity index (χ3v) is 3.84. The highest BCUT2D eigenvalue weighted by molar-refractivity contribution is 5.39. The molecule has 0 fully saturated rings. The fourth-order valence-corrected chi connectivity index (χ4v) is 2.55. The Bertz CT molecular complexity index is 708. The second kappa shape index (κ2) is 8.90. The molecular weight excluding hydrogens is 312 g/mol. The van der Waals surface area contributed by atoms with Crippen molar-refractivity contribution in [2.45, 2.75) is 19.6 Å². The van der Waals surface area contributed by atoms with Crippen LogP contribution in [0.15, 0.2) is 78.9 Å². The molecule has 3 nitrogen and oxygen atoms in total. The van der Waals surface area contributed by atoms with Crippen molar-refractivity contribution in [3.8, 4) is 11.5 Å². The van der Waals surface area contributed by atoms with Gasteiger partial charge in [0.2, 0.25) is 0 Å². The summed E-state index contributed by atoms with van der Waals surface area (Å²) in [7, 11) is 0. The number of hydrogen-bond donors (Lipinski definition) is 1. The molecule has 0 saturated heterocycles. The Morgan fingerprint density at radius 1 is 0.600 bits per heavy atom. The Kier molecular flexibility index (Phi) is 6.07. The van der Waals surface area contributed by atoms with E-state index in [-0.39, 0.29) is 6.61 Å². The zero-order valence-corrected chi connectivity index (χ0v) is 14.1. The van der Waals surface area contributed by atoms with Crippen LogP contribution in [0, 0.1) is 0 Å². The van der Waals surface area contributed by atoms with Gasteiger partial charge in [0.05, 0.1) is 0 Å². The number of aliphatic hydroxyl groups excluding tert-OH is 1. The molecule has 0 heterocycles. The fraction of sp³-hybridized carbons (Fsp3) is 0.182. The summed E-state index contributed by atoms with van der Waals surface area (Å²) in [6, 6.07) is 25.9. The minimum Gasteiger partial charge on any atom is -0.489 e. The van der Waals surface area contributed by atoms with Gasteiger partial charge in [0.15, 0.2) is 0 Å². The molecule has 0 bridgehead atoms. The van der Waals surface area contributed by atoms with Crippen molar-refractivity contribution in [3.05, 3.63) is 95.6 Å². The molecule has 0 aliphatic carbocycles. The zero-order valence-electron chi connectivity index (χ0n) is 14.1.